The van der Waals surface area contributed by atoms with E-state index in [1.54, 1.807) is 6.92 Å². The third-order valence-corrected chi connectivity index (χ3v) is 1.04. The molecule has 0 spiro atoms. The van der Waals surface area contributed by atoms with Crippen LogP contribution >= 0.6 is 0 Å². The summed E-state index contributed by atoms with van der Waals surface area (Å²) in [6.45, 7) is 4.97. The Hall–Kier alpha value is -0.430. The minimum atomic E-state index is -4.49. The molecule has 0 aromatic carbocycles. The van der Waals surface area contributed by atoms with Crippen molar-refractivity contribution in [2.45, 2.75) is 19.4 Å². The van der Waals surface area contributed by atoms with E-state index in [1.165, 1.54) is 6.08 Å². The molecule has 0 aliphatic rings. The highest BCUT2D eigenvalue weighted by Gasteiger charge is 2.08. The molecule has 0 rings (SSSR count). The Kier molecular flexibility index (Phi) is 4.27. The molecule has 1 unspecified atom stereocenters. The molecule has 0 aromatic heterocycles. The van der Waals surface area contributed by atoms with Crippen LogP contribution in [0.2, 0.25) is 0 Å². The van der Waals surface area contributed by atoms with Crippen molar-refractivity contribution in [3.05, 3.63) is 12.7 Å². The summed E-state index contributed by atoms with van der Waals surface area (Å²) in [4.78, 5) is 4.24. The van der Waals surface area contributed by atoms with Crippen molar-refractivity contribution in [3.8, 4) is 0 Å². The second-order valence-electron chi connectivity index (χ2n) is 1.93. The Labute approximate surface area is 65.5 Å². The maximum Gasteiger partial charge on any atom is 0.424 e. The summed E-state index contributed by atoms with van der Waals surface area (Å²) in [6.07, 6.45) is 1.53. The van der Waals surface area contributed by atoms with E-state index in [-0.39, 0.29) is 0 Å². The van der Waals surface area contributed by atoms with Gasteiger partial charge in [-0.2, -0.15) is 8.42 Å². The van der Waals surface area contributed by atoms with Crippen LogP contribution in [-0.4, -0.2) is 19.1 Å². The van der Waals surface area contributed by atoms with E-state index in [9.17, 15) is 8.42 Å². The zero-order chi connectivity index (χ0) is 8.91. The fourth-order valence-electron chi connectivity index (χ4n) is 0.391. The summed E-state index contributed by atoms with van der Waals surface area (Å²) < 4.78 is 31.5. The third-order valence-electron chi connectivity index (χ3n) is 0.788. The van der Waals surface area contributed by atoms with Crippen molar-refractivity contribution in [3.63, 3.8) is 0 Å². The predicted molar refractivity (Wildman–Crippen MR) is 38.0 cm³/mol. The summed E-state index contributed by atoms with van der Waals surface area (Å²) in [5, 5.41) is 0. The Balaban J connectivity index is 3.62. The van der Waals surface area contributed by atoms with E-state index in [1.807, 2.05) is 0 Å². The molecule has 1 N–H and O–H groups in total. The number of hydrogen-bond donors (Lipinski definition) is 1. The quantitative estimate of drug-likeness (QED) is 0.293. The van der Waals surface area contributed by atoms with Crippen LogP contribution in [0.4, 0.5) is 0 Å². The summed E-state index contributed by atoms with van der Waals surface area (Å²) in [7, 11) is -4.49. The Morgan fingerprint density at radius 2 is 2.27 bits per heavy atom. The lowest BCUT2D eigenvalue weighted by Crippen LogP contribution is -2.12. The Morgan fingerprint density at radius 1 is 1.73 bits per heavy atom. The molecule has 0 heterocycles. The van der Waals surface area contributed by atoms with Gasteiger partial charge in [-0.15, -0.1) is 6.58 Å². The van der Waals surface area contributed by atoms with Gasteiger partial charge in [0.05, 0.1) is 6.10 Å². The van der Waals surface area contributed by atoms with Crippen molar-refractivity contribution in [1.29, 1.82) is 0 Å². The van der Waals surface area contributed by atoms with Gasteiger partial charge in [0.1, 0.15) is 0 Å². The first-order chi connectivity index (χ1) is 4.95. The van der Waals surface area contributed by atoms with E-state index in [4.69, 9.17) is 4.55 Å². The highest BCUT2D eigenvalue weighted by Crippen LogP contribution is 2.00. The van der Waals surface area contributed by atoms with Crippen LogP contribution in [0.3, 0.4) is 0 Å². The van der Waals surface area contributed by atoms with Gasteiger partial charge in [0.2, 0.25) is 0 Å². The Morgan fingerprint density at radius 3 is 2.64 bits per heavy atom. The fraction of sp³-hybridized carbons (Fsp3) is 0.600. The minimum absolute atomic E-state index is 0.440. The van der Waals surface area contributed by atoms with E-state index < -0.39 is 16.5 Å². The molecule has 0 bridgehead atoms. The molecule has 0 radical (unpaired) electrons. The molecule has 0 aromatic rings. The summed E-state index contributed by atoms with van der Waals surface area (Å²) in [5.41, 5.74) is 0. The number of hydrogen-bond acceptors (Lipinski definition) is 4. The minimum Gasteiger partial charge on any atom is -0.262 e. The van der Waals surface area contributed by atoms with Crippen molar-refractivity contribution < 1.29 is 22.2 Å². The highest BCUT2D eigenvalue weighted by atomic mass is 32.3. The zero-order valence-electron chi connectivity index (χ0n) is 6.06. The van der Waals surface area contributed by atoms with Crippen LogP contribution in [0.1, 0.15) is 13.3 Å². The van der Waals surface area contributed by atoms with Gasteiger partial charge in [-0.1, -0.05) is 10.4 Å². The first-order valence-corrected chi connectivity index (χ1v) is 4.25. The van der Waals surface area contributed by atoms with E-state index in [0.29, 0.717) is 6.42 Å². The van der Waals surface area contributed by atoms with Gasteiger partial charge < -0.3 is 0 Å². The van der Waals surface area contributed by atoms with Crippen LogP contribution < -0.4 is 0 Å². The van der Waals surface area contributed by atoms with Crippen molar-refractivity contribution in [2.24, 2.45) is 0 Å². The molecule has 0 saturated heterocycles. The van der Waals surface area contributed by atoms with E-state index in [2.05, 4.69) is 15.8 Å². The van der Waals surface area contributed by atoms with Crippen LogP contribution in [-0.2, 0) is 19.6 Å². The van der Waals surface area contributed by atoms with Gasteiger partial charge in [0.15, 0.2) is 0 Å². The molecule has 0 fully saturated rings. The summed E-state index contributed by atoms with van der Waals surface area (Å²) >= 11 is 0. The average molecular weight is 182 g/mol. The standard InChI is InChI=1S/C5H10O5S/c1-3-4-5(2)9-10-11(6,7)8/h3,5H,1,4H2,2H3,(H,6,7,8). The molecular formula is C5H10O5S. The molecule has 66 valence electrons. The third kappa shape index (κ3) is 7.47. The number of rotatable bonds is 5. The smallest absolute Gasteiger partial charge is 0.262 e. The van der Waals surface area contributed by atoms with Gasteiger partial charge in [-0.05, 0) is 13.3 Å². The van der Waals surface area contributed by atoms with Crippen molar-refractivity contribution in [2.75, 3.05) is 0 Å². The molecule has 1 atom stereocenters. The molecule has 5 nitrogen and oxygen atoms in total. The lowest BCUT2D eigenvalue weighted by molar-refractivity contribution is -0.239. The van der Waals surface area contributed by atoms with Crippen LogP contribution in [0, 0.1) is 0 Å². The van der Waals surface area contributed by atoms with Crippen LogP contribution in [0.5, 0.6) is 0 Å². The van der Waals surface area contributed by atoms with Crippen molar-refractivity contribution >= 4 is 10.4 Å². The molecule has 0 amide bonds. The SMILES string of the molecule is C=CCC(C)OOS(=O)(=O)O. The molecule has 11 heavy (non-hydrogen) atoms. The zero-order valence-corrected chi connectivity index (χ0v) is 6.87. The van der Waals surface area contributed by atoms with Crippen LogP contribution in [0.25, 0.3) is 0 Å². The molecule has 6 heteroatoms. The largest absolute Gasteiger partial charge is 0.424 e. The predicted octanol–water partition coefficient (Wildman–Crippen LogP) is 0.702. The molecule has 0 saturated carbocycles. The molecule has 0 aliphatic heterocycles. The second-order valence-corrected chi connectivity index (χ2v) is 2.92. The van der Waals surface area contributed by atoms with Gasteiger partial charge >= 0.3 is 10.4 Å². The molecular weight excluding hydrogens is 172 g/mol. The van der Waals surface area contributed by atoms with Gasteiger partial charge in [0, 0.05) is 0 Å². The topological polar surface area (TPSA) is 72.8 Å². The average Bonchev–Trinajstić information content (AvgIpc) is 1.83. The first kappa shape index (κ1) is 10.6. The maximum atomic E-state index is 9.92. The fourth-order valence-corrected chi connectivity index (χ4v) is 0.624. The second kappa shape index (κ2) is 4.45. The normalized spacial score (nSPS) is 14.4. The van der Waals surface area contributed by atoms with Gasteiger partial charge in [0.25, 0.3) is 0 Å². The molecule has 0 aliphatic carbocycles. The van der Waals surface area contributed by atoms with Gasteiger partial charge in [-0.25, -0.2) is 4.89 Å². The van der Waals surface area contributed by atoms with Crippen LogP contribution in [0.15, 0.2) is 12.7 Å². The summed E-state index contributed by atoms with van der Waals surface area (Å²) in [5.74, 6) is 0. The summed E-state index contributed by atoms with van der Waals surface area (Å²) in [6, 6.07) is 0. The lowest BCUT2D eigenvalue weighted by atomic mass is 10.3. The van der Waals surface area contributed by atoms with E-state index in [0.717, 1.165) is 0 Å². The van der Waals surface area contributed by atoms with E-state index >= 15 is 0 Å². The Bertz CT molecular complexity index is 207. The lowest BCUT2D eigenvalue weighted by Gasteiger charge is -2.05. The highest BCUT2D eigenvalue weighted by molar-refractivity contribution is 7.80. The van der Waals surface area contributed by atoms with Gasteiger partial charge in [-0.3, -0.25) is 4.55 Å². The monoisotopic (exact) mass is 182 g/mol. The maximum absolute atomic E-state index is 9.92. The first-order valence-electron chi connectivity index (χ1n) is 2.89. The van der Waals surface area contributed by atoms with Crippen molar-refractivity contribution in [1.82, 2.24) is 0 Å².